The SMILES string of the molecule is CCC(C)(C#N)C(O)(CC)c1cccc(F)c1. The van der Waals surface area contributed by atoms with E-state index >= 15 is 0 Å². The molecule has 0 aliphatic heterocycles. The van der Waals surface area contributed by atoms with Crippen molar-refractivity contribution in [1.82, 2.24) is 0 Å². The number of benzene rings is 1. The van der Waals surface area contributed by atoms with E-state index in [9.17, 15) is 14.8 Å². The summed E-state index contributed by atoms with van der Waals surface area (Å²) in [5.41, 5.74) is -1.78. The van der Waals surface area contributed by atoms with Gasteiger partial charge in [0.05, 0.1) is 11.5 Å². The molecule has 92 valence electrons. The first kappa shape index (κ1) is 13.7. The molecule has 0 aliphatic carbocycles. The van der Waals surface area contributed by atoms with Gasteiger partial charge in [0.2, 0.25) is 0 Å². The van der Waals surface area contributed by atoms with Crippen LogP contribution in [0.2, 0.25) is 0 Å². The first-order valence-electron chi connectivity index (χ1n) is 5.83. The van der Waals surface area contributed by atoms with Crippen molar-refractivity contribution >= 4 is 0 Å². The van der Waals surface area contributed by atoms with Gasteiger partial charge in [-0.1, -0.05) is 26.0 Å². The summed E-state index contributed by atoms with van der Waals surface area (Å²) in [5.74, 6) is -0.397. The van der Waals surface area contributed by atoms with Gasteiger partial charge in [-0.15, -0.1) is 0 Å². The lowest BCUT2D eigenvalue weighted by atomic mass is 9.67. The Bertz CT molecular complexity index is 440. The summed E-state index contributed by atoms with van der Waals surface area (Å²) < 4.78 is 13.2. The van der Waals surface area contributed by atoms with Gasteiger partial charge in [0, 0.05) is 0 Å². The van der Waals surface area contributed by atoms with E-state index in [2.05, 4.69) is 6.07 Å². The second kappa shape index (κ2) is 4.85. The minimum atomic E-state index is -1.32. The molecule has 2 atom stereocenters. The zero-order valence-electron chi connectivity index (χ0n) is 10.5. The van der Waals surface area contributed by atoms with Crippen molar-refractivity contribution in [2.24, 2.45) is 5.41 Å². The first-order chi connectivity index (χ1) is 7.93. The molecule has 3 heteroatoms. The van der Waals surface area contributed by atoms with Crippen molar-refractivity contribution in [1.29, 1.82) is 5.26 Å². The fraction of sp³-hybridized carbons (Fsp3) is 0.500. The average Bonchev–Trinajstić information content (AvgIpc) is 2.36. The van der Waals surface area contributed by atoms with Gasteiger partial charge in [0.15, 0.2) is 0 Å². The molecular weight excluding hydrogens is 217 g/mol. The van der Waals surface area contributed by atoms with Crippen LogP contribution in [0.3, 0.4) is 0 Å². The first-order valence-corrected chi connectivity index (χ1v) is 5.83. The predicted molar refractivity (Wildman–Crippen MR) is 64.6 cm³/mol. The molecular formula is C14H18FNO. The van der Waals surface area contributed by atoms with E-state index in [0.29, 0.717) is 18.4 Å². The summed E-state index contributed by atoms with van der Waals surface area (Å²) in [7, 11) is 0. The van der Waals surface area contributed by atoms with Crippen LogP contribution in [0.25, 0.3) is 0 Å². The molecule has 0 saturated carbocycles. The van der Waals surface area contributed by atoms with E-state index in [1.807, 2.05) is 6.92 Å². The molecule has 1 N–H and O–H groups in total. The summed E-state index contributed by atoms with van der Waals surface area (Å²) in [6.45, 7) is 5.36. The van der Waals surface area contributed by atoms with E-state index < -0.39 is 16.8 Å². The topological polar surface area (TPSA) is 44.0 Å². The minimum absolute atomic E-state index is 0.369. The molecule has 0 heterocycles. The van der Waals surface area contributed by atoms with Crippen molar-refractivity contribution in [2.45, 2.75) is 39.2 Å². The van der Waals surface area contributed by atoms with E-state index in [4.69, 9.17) is 0 Å². The molecule has 0 radical (unpaired) electrons. The highest BCUT2D eigenvalue weighted by Crippen LogP contribution is 2.44. The van der Waals surface area contributed by atoms with E-state index in [0.717, 1.165) is 0 Å². The highest BCUT2D eigenvalue weighted by atomic mass is 19.1. The quantitative estimate of drug-likeness (QED) is 0.869. The van der Waals surface area contributed by atoms with E-state index in [1.165, 1.54) is 12.1 Å². The Morgan fingerprint density at radius 2 is 2.00 bits per heavy atom. The normalized spacial score (nSPS) is 17.9. The molecule has 0 aromatic heterocycles. The number of nitriles is 1. The second-order valence-corrected chi connectivity index (χ2v) is 4.52. The molecule has 1 aromatic rings. The van der Waals surface area contributed by atoms with Gasteiger partial charge in [-0.05, 0) is 37.5 Å². The zero-order valence-corrected chi connectivity index (χ0v) is 10.5. The number of hydrogen-bond acceptors (Lipinski definition) is 2. The lowest BCUT2D eigenvalue weighted by Gasteiger charge is -2.39. The monoisotopic (exact) mass is 235 g/mol. The lowest BCUT2D eigenvalue weighted by Crippen LogP contribution is -2.42. The van der Waals surface area contributed by atoms with Crippen LogP contribution in [-0.4, -0.2) is 5.11 Å². The minimum Gasteiger partial charge on any atom is -0.384 e. The van der Waals surface area contributed by atoms with Crippen LogP contribution >= 0.6 is 0 Å². The zero-order chi connectivity index (χ0) is 13.1. The molecule has 1 aromatic carbocycles. The smallest absolute Gasteiger partial charge is 0.123 e. The Hall–Kier alpha value is -1.40. The number of nitrogens with zero attached hydrogens (tertiary/aromatic N) is 1. The highest BCUT2D eigenvalue weighted by molar-refractivity contribution is 5.28. The van der Waals surface area contributed by atoms with E-state index in [1.54, 1.807) is 26.0 Å². The van der Waals surface area contributed by atoms with Crippen molar-refractivity contribution in [3.05, 3.63) is 35.6 Å². The molecule has 17 heavy (non-hydrogen) atoms. The Morgan fingerprint density at radius 3 is 2.41 bits per heavy atom. The largest absolute Gasteiger partial charge is 0.384 e. The van der Waals surface area contributed by atoms with Gasteiger partial charge in [-0.2, -0.15) is 5.26 Å². The van der Waals surface area contributed by atoms with Crippen molar-refractivity contribution in [3.63, 3.8) is 0 Å². The van der Waals surface area contributed by atoms with Crippen LogP contribution < -0.4 is 0 Å². The predicted octanol–water partition coefficient (Wildman–Crippen LogP) is 3.36. The Morgan fingerprint density at radius 1 is 1.35 bits per heavy atom. The maximum absolute atomic E-state index is 13.2. The molecule has 1 rings (SSSR count). The van der Waals surface area contributed by atoms with Crippen LogP contribution in [0, 0.1) is 22.6 Å². The van der Waals surface area contributed by atoms with E-state index in [-0.39, 0.29) is 0 Å². The molecule has 0 amide bonds. The Balaban J connectivity index is 3.35. The van der Waals surface area contributed by atoms with Crippen LogP contribution in [-0.2, 0) is 5.60 Å². The molecule has 2 nitrogen and oxygen atoms in total. The number of hydrogen-bond donors (Lipinski definition) is 1. The summed E-state index contributed by atoms with van der Waals surface area (Å²) in [5, 5.41) is 20.0. The van der Waals surface area contributed by atoms with Crippen LogP contribution in [0.5, 0.6) is 0 Å². The fourth-order valence-corrected chi connectivity index (χ4v) is 2.12. The van der Waals surface area contributed by atoms with Gasteiger partial charge in [-0.3, -0.25) is 0 Å². The summed E-state index contributed by atoms with van der Waals surface area (Å²) in [6.07, 6.45) is 0.874. The maximum atomic E-state index is 13.2. The standard InChI is InChI=1S/C14H18FNO/c1-4-13(3,10-16)14(17,5-2)11-7-6-8-12(15)9-11/h6-9,17H,4-5H2,1-3H3. The van der Waals surface area contributed by atoms with Gasteiger partial charge >= 0.3 is 0 Å². The number of aliphatic hydroxyl groups is 1. The van der Waals surface area contributed by atoms with Gasteiger partial charge in [0.1, 0.15) is 11.4 Å². The van der Waals surface area contributed by atoms with Crippen LogP contribution in [0.4, 0.5) is 4.39 Å². The van der Waals surface area contributed by atoms with Crippen molar-refractivity contribution in [3.8, 4) is 6.07 Å². The maximum Gasteiger partial charge on any atom is 0.123 e. The molecule has 0 aliphatic rings. The molecule has 0 bridgehead atoms. The summed E-state index contributed by atoms with van der Waals surface area (Å²) in [6, 6.07) is 8.01. The third-order valence-corrected chi connectivity index (χ3v) is 3.68. The lowest BCUT2D eigenvalue weighted by molar-refractivity contribution is -0.0589. The second-order valence-electron chi connectivity index (χ2n) is 4.52. The third-order valence-electron chi connectivity index (χ3n) is 3.68. The van der Waals surface area contributed by atoms with Gasteiger partial charge in [-0.25, -0.2) is 4.39 Å². The van der Waals surface area contributed by atoms with Crippen LogP contribution in [0.15, 0.2) is 24.3 Å². The van der Waals surface area contributed by atoms with Crippen molar-refractivity contribution in [2.75, 3.05) is 0 Å². The summed E-state index contributed by atoms with van der Waals surface area (Å²) in [4.78, 5) is 0. The summed E-state index contributed by atoms with van der Waals surface area (Å²) >= 11 is 0. The Kier molecular flexibility index (Phi) is 3.90. The molecule has 0 fully saturated rings. The molecule has 2 unspecified atom stereocenters. The molecule has 0 saturated heterocycles. The third kappa shape index (κ3) is 2.18. The number of rotatable bonds is 4. The van der Waals surface area contributed by atoms with Crippen LogP contribution in [0.1, 0.15) is 39.2 Å². The number of halogens is 1. The fourth-order valence-electron chi connectivity index (χ4n) is 2.12. The van der Waals surface area contributed by atoms with Crippen molar-refractivity contribution < 1.29 is 9.50 Å². The van der Waals surface area contributed by atoms with Gasteiger partial charge < -0.3 is 5.11 Å². The average molecular weight is 235 g/mol. The van der Waals surface area contributed by atoms with Gasteiger partial charge in [0.25, 0.3) is 0 Å². The molecule has 0 spiro atoms. The highest BCUT2D eigenvalue weighted by Gasteiger charge is 2.46. The Labute approximate surface area is 102 Å².